The van der Waals surface area contributed by atoms with Crippen molar-refractivity contribution in [1.29, 1.82) is 0 Å². The standard InChI is InChI=1S/C25H29N5O4S/c1-25(2,3)35(32,33)22-11-17-19(13-21(22)34-5)29-15-30-23(17)18(26)12-20(27-4)24(31)28-14-16-9-7-6-8-10-16/h6-13,15H,14,26H2,1-5H3,(H,28,31)/b18-12-,27-20?. The maximum absolute atomic E-state index is 13.2. The lowest BCUT2D eigenvalue weighted by molar-refractivity contribution is -0.114. The molecule has 0 spiro atoms. The number of sulfone groups is 1. The second kappa shape index (κ2) is 10.2. The summed E-state index contributed by atoms with van der Waals surface area (Å²) in [5.41, 5.74) is 8.23. The molecule has 10 heteroatoms. The summed E-state index contributed by atoms with van der Waals surface area (Å²) >= 11 is 0. The van der Waals surface area contributed by atoms with E-state index >= 15 is 0 Å². The molecule has 0 saturated carbocycles. The van der Waals surface area contributed by atoms with Crippen LogP contribution in [-0.2, 0) is 21.2 Å². The minimum Gasteiger partial charge on any atom is -0.495 e. The Morgan fingerprint density at radius 2 is 1.86 bits per heavy atom. The second-order valence-corrected chi connectivity index (χ2v) is 11.4. The van der Waals surface area contributed by atoms with E-state index < -0.39 is 20.5 Å². The second-order valence-electron chi connectivity index (χ2n) is 8.74. The molecule has 3 aromatic rings. The third-order valence-electron chi connectivity index (χ3n) is 5.35. The lowest BCUT2D eigenvalue weighted by Gasteiger charge is -2.21. The van der Waals surface area contributed by atoms with Crippen molar-refractivity contribution in [2.75, 3.05) is 14.2 Å². The van der Waals surface area contributed by atoms with E-state index in [4.69, 9.17) is 10.5 Å². The molecule has 184 valence electrons. The molecule has 0 saturated heterocycles. The minimum atomic E-state index is -3.76. The highest BCUT2D eigenvalue weighted by atomic mass is 32.2. The average molecular weight is 496 g/mol. The van der Waals surface area contributed by atoms with E-state index in [0.717, 1.165) is 5.56 Å². The first-order valence-electron chi connectivity index (χ1n) is 10.8. The van der Waals surface area contributed by atoms with E-state index in [-0.39, 0.29) is 27.7 Å². The molecule has 0 bridgehead atoms. The third kappa shape index (κ3) is 5.48. The smallest absolute Gasteiger partial charge is 0.269 e. The zero-order valence-electron chi connectivity index (χ0n) is 20.4. The van der Waals surface area contributed by atoms with Gasteiger partial charge in [0.15, 0.2) is 9.84 Å². The number of nitrogens with two attached hydrogens (primary N) is 1. The third-order valence-corrected chi connectivity index (χ3v) is 7.86. The Balaban J connectivity index is 2.03. The highest BCUT2D eigenvalue weighted by Crippen LogP contribution is 2.36. The quantitative estimate of drug-likeness (QED) is 0.481. The Kier molecular flexibility index (Phi) is 7.54. The van der Waals surface area contributed by atoms with E-state index in [1.54, 1.807) is 20.8 Å². The van der Waals surface area contributed by atoms with Crippen LogP contribution in [0.4, 0.5) is 0 Å². The van der Waals surface area contributed by atoms with Crippen LogP contribution >= 0.6 is 0 Å². The van der Waals surface area contributed by atoms with Crippen LogP contribution in [0.15, 0.2) is 64.8 Å². The summed E-state index contributed by atoms with van der Waals surface area (Å²) in [6.45, 7) is 5.17. The zero-order valence-corrected chi connectivity index (χ0v) is 21.2. The van der Waals surface area contributed by atoms with Crippen LogP contribution in [0.25, 0.3) is 16.6 Å². The number of nitrogens with one attached hydrogen (secondary N) is 1. The van der Waals surface area contributed by atoms with Crippen molar-refractivity contribution in [2.24, 2.45) is 10.7 Å². The van der Waals surface area contributed by atoms with Crippen molar-refractivity contribution in [3.8, 4) is 5.75 Å². The summed E-state index contributed by atoms with van der Waals surface area (Å²) in [4.78, 5) is 25.2. The minimum absolute atomic E-state index is 0.00818. The van der Waals surface area contributed by atoms with Gasteiger partial charge < -0.3 is 15.8 Å². The molecule has 0 radical (unpaired) electrons. The summed E-state index contributed by atoms with van der Waals surface area (Å²) in [5.74, 6) is -0.231. The molecular weight excluding hydrogens is 466 g/mol. The van der Waals surface area contributed by atoms with Crippen LogP contribution < -0.4 is 15.8 Å². The highest BCUT2D eigenvalue weighted by Gasteiger charge is 2.34. The molecule has 1 heterocycles. The van der Waals surface area contributed by atoms with Crippen LogP contribution in [0.5, 0.6) is 5.75 Å². The first-order chi connectivity index (χ1) is 16.5. The van der Waals surface area contributed by atoms with Gasteiger partial charge in [0.1, 0.15) is 22.7 Å². The number of aromatic nitrogens is 2. The number of hydrogen-bond acceptors (Lipinski definition) is 8. The number of ether oxygens (including phenoxy) is 1. The molecule has 0 atom stereocenters. The van der Waals surface area contributed by atoms with E-state index in [0.29, 0.717) is 17.4 Å². The molecule has 2 aromatic carbocycles. The van der Waals surface area contributed by atoms with Crippen LogP contribution in [0, 0.1) is 0 Å². The molecule has 0 aliphatic carbocycles. The summed E-state index contributed by atoms with van der Waals surface area (Å²) < 4.78 is 30.7. The molecule has 1 aromatic heterocycles. The number of fused-ring (bicyclic) bond motifs is 1. The predicted molar refractivity (Wildman–Crippen MR) is 137 cm³/mol. The number of aliphatic imine (C=N–C) groups is 1. The molecule has 0 fully saturated rings. The fourth-order valence-electron chi connectivity index (χ4n) is 3.31. The molecule has 1 amide bonds. The monoisotopic (exact) mass is 495 g/mol. The first-order valence-corrected chi connectivity index (χ1v) is 12.3. The van der Waals surface area contributed by atoms with E-state index in [1.165, 1.54) is 38.7 Å². The fourth-order valence-corrected chi connectivity index (χ4v) is 4.65. The van der Waals surface area contributed by atoms with Crippen LogP contribution in [0.3, 0.4) is 0 Å². The van der Waals surface area contributed by atoms with Gasteiger partial charge in [0.25, 0.3) is 5.91 Å². The Morgan fingerprint density at radius 3 is 2.46 bits per heavy atom. The lowest BCUT2D eigenvalue weighted by Crippen LogP contribution is -2.30. The van der Waals surface area contributed by atoms with Crippen LogP contribution in [0.2, 0.25) is 0 Å². The van der Waals surface area contributed by atoms with Crippen molar-refractivity contribution in [2.45, 2.75) is 37.0 Å². The van der Waals surface area contributed by atoms with Gasteiger partial charge in [-0.1, -0.05) is 30.3 Å². The van der Waals surface area contributed by atoms with Gasteiger partial charge in [-0.2, -0.15) is 0 Å². The average Bonchev–Trinajstić information content (AvgIpc) is 2.84. The van der Waals surface area contributed by atoms with Crippen molar-refractivity contribution in [3.63, 3.8) is 0 Å². The van der Waals surface area contributed by atoms with E-state index in [1.807, 2.05) is 30.3 Å². The van der Waals surface area contributed by atoms with E-state index in [9.17, 15) is 13.2 Å². The van der Waals surface area contributed by atoms with Crippen LogP contribution in [-0.4, -0.2) is 48.9 Å². The normalized spacial score (nSPS) is 13.1. The summed E-state index contributed by atoms with van der Waals surface area (Å²) in [6, 6.07) is 12.5. The maximum Gasteiger partial charge on any atom is 0.269 e. The number of nitrogens with zero attached hydrogens (tertiary/aromatic N) is 3. The molecule has 3 rings (SSSR count). The Bertz CT molecular complexity index is 1410. The van der Waals surface area contributed by atoms with Gasteiger partial charge in [-0.3, -0.25) is 9.79 Å². The number of benzene rings is 2. The lowest BCUT2D eigenvalue weighted by atomic mass is 10.1. The summed E-state index contributed by atoms with van der Waals surface area (Å²) in [6.07, 6.45) is 2.72. The predicted octanol–water partition coefficient (Wildman–Crippen LogP) is 2.90. The largest absolute Gasteiger partial charge is 0.495 e. The topological polar surface area (TPSA) is 137 Å². The van der Waals surface area contributed by atoms with Gasteiger partial charge in [0.05, 0.1) is 28.8 Å². The molecule has 0 aliphatic heterocycles. The van der Waals surface area contributed by atoms with Gasteiger partial charge in [-0.05, 0) is 38.5 Å². The SMILES string of the molecule is CN=C(/C=C(\N)c1ncnc2cc(OC)c(S(=O)(=O)C(C)(C)C)cc12)C(=O)NCc1ccccc1. The van der Waals surface area contributed by atoms with Gasteiger partial charge in [-0.25, -0.2) is 18.4 Å². The van der Waals surface area contributed by atoms with Gasteiger partial charge in [-0.15, -0.1) is 0 Å². The maximum atomic E-state index is 13.2. The highest BCUT2D eigenvalue weighted by molar-refractivity contribution is 7.92. The molecule has 9 nitrogen and oxygen atoms in total. The summed E-state index contributed by atoms with van der Waals surface area (Å²) in [5, 5.41) is 3.21. The Morgan fingerprint density at radius 1 is 1.17 bits per heavy atom. The first kappa shape index (κ1) is 25.8. The summed E-state index contributed by atoms with van der Waals surface area (Å²) in [7, 11) is -0.872. The number of rotatable bonds is 7. The number of amides is 1. The van der Waals surface area contributed by atoms with Crippen molar-refractivity contribution in [1.82, 2.24) is 15.3 Å². The molecule has 35 heavy (non-hydrogen) atoms. The zero-order chi connectivity index (χ0) is 25.8. The molecule has 0 unspecified atom stereocenters. The van der Waals surface area contributed by atoms with E-state index in [2.05, 4.69) is 20.3 Å². The van der Waals surface area contributed by atoms with Gasteiger partial charge in [0.2, 0.25) is 0 Å². The Hall–Kier alpha value is -3.79. The Labute approximate surface area is 205 Å². The molecular formula is C25H29N5O4S. The molecule has 0 aliphatic rings. The number of hydrogen-bond donors (Lipinski definition) is 2. The van der Waals surface area contributed by atoms with Crippen molar-refractivity contribution >= 4 is 38.1 Å². The number of methoxy groups -OCH3 is 1. The fraction of sp³-hybridized carbons (Fsp3) is 0.280. The number of carbonyl (C=O) groups is 1. The number of carbonyl (C=O) groups excluding carboxylic acids is 1. The van der Waals surface area contributed by atoms with Gasteiger partial charge >= 0.3 is 0 Å². The van der Waals surface area contributed by atoms with Gasteiger partial charge in [0, 0.05) is 25.0 Å². The van der Waals surface area contributed by atoms with Crippen molar-refractivity contribution < 1.29 is 17.9 Å². The van der Waals surface area contributed by atoms with Crippen LogP contribution in [0.1, 0.15) is 32.0 Å². The molecule has 3 N–H and O–H groups in total. The van der Waals surface area contributed by atoms with Crippen molar-refractivity contribution in [3.05, 3.63) is 66.1 Å².